The first kappa shape index (κ1) is 10.4. The molecule has 0 aliphatic carbocycles. The Balaban J connectivity index is 1.97. The smallest absolute Gasteiger partial charge is 0.0690 e. The van der Waals surface area contributed by atoms with Crippen molar-refractivity contribution < 1.29 is 9.84 Å². The highest BCUT2D eigenvalue weighted by atomic mass is 16.5. The van der Waals surface area contributed by atoms with E-state index in [1.165, 1.54) is 0 Å². The van der Waals surface area contributed by atoms with E-state index in [-0.39, 0.29) is 0 Å². The van der Waals surface area contributed by atoms with E-state index in [0.29, 0.717) is 11.8 Å². The maximum atomic E-state index is 10.5. The average Bonchev–Trinajstić information content (AvgIpc) is 2.72. The largest absolute Gasteiger partial charge is 0.390 e. The number of nitrogens with one attached hydrogen (secondary N) is 1. The van der Waals surface area contributed by atoms with E-state index >= 15 is 0 Å². The van der Waals surface area contributed by atoms with Crippen LogP contribution in [-0.4, -0.2) is 37.0 Å². The van der Waals surface area contributed by atoms with Gasteiger partial charge in [0.2, 0.25) is 0 Å². The van der Waals surface area contributed by atoms with Crippen molar-refractivity contribution in [3.63, 3.8) is 0 Å². The maximum Gasteiger partial charge on any atom is 0.0690 e. The van der Waals surface area contributed by atoms with Gasteiger partial charge < -0.3 is 15.2 Å². The van der Waals surface area contributed by atoms with Gasteiger partial charge in [-0.15, -0.1) is 0 Å². The molecule has 0 amide bonds. The minimum atomic E-state index is -0.493. The molecule has 0 radical (unpaired) electrons. The zero-order valence-corrected chi connectivity index (χ0v) is 8.96. The van der Waals surface area contributed by atoms with Crippen LogP contribution in [0.3, 0.4) is 0 Å². The molecule has 2 atom stereocenters. The Morgan fingerprint density at radius 1 is 1.21 bits per heavy atom. The Hall–Kier alpha value is -0.120. The zero-order valence-electron chi connectivity index (χ0n) is 8.96. The third kappa shape index (κ3) is 1.95. The quantitative estimate of drug-likeness (QED) is 0.690. The molecule has 2 N–H and O–H groups in total. The minimum Gasteiger partial charge on any atom is -0.390 e. The molecule has 2 saturated heterocycles. The first-order chi connectivity index (χ1) is 6.71. The SMILES string of the molecule is CC(O)(C1CCOCC1)C1CCNC1. The molecular formula is C11H21NO2. The minimum absolute atomic E-state index is 0.432. The Labute approximate surface area is 85.8 Å². The number of rotatable bonds is 2. The lowest BCUT2D eigenvalue weighted by atomic mass is 9.74. The van der Waals surface area contributed by atoms with E-state index in [2.05, 4.69) is 5.32 Å². The highest BCUT2D eigenvalue weighted by Crippen LogP contribution is 2.35. The van der Waals surface area contributed by atoms with Crippen LogP contribution in [0.25, 0.3) is 0 Å². The van der Waals surface area contributed by atoms with Crippen LogP contribution in [0.15, 0.2) is 0 Å². The van der Waals surface area contributed by atoms with Crippen LogP contribution in [0.1, 0.15) is 26.2 Å². The van der Waals surface area contributed by atoms with Gasteiger partial charge in [-0.3, -0.25) is 0 Å². The standard InChI is InChI=1S/C11H21NO2/c1-11(13,10-2-5-12-8-10)9-3-6-14-7-4-9/h9-10,12-13H,2-8H2,1H3. The summed E-state index contributed by atoms with van der Waals surface area (Å²) in [5.41, 5.74) is -0.493. The number of ether oxygens (including phenoxy) is 1. The number of hydrogen-bond acceptors (Lipinski definition) is 3. The van der Waals surface area contributed by atoms with Crippen molar-refractivity contribution >= 4 is 0 Å². The van der Waals surface area contributed by atoms with Gasteiger partial charge in [0.15, 0.2) is 0 Å². The average molecular weight is 199 g/mol. The Morgan fingerprint density at radius 3 is 2.50 bits per heavy atom. The van der Waals surface area contributed by atoms with E-state index in [1.807, 2.05) is 6.92 Å². The fraction of sp³-hybridized carbons (Fsp3) is 1.00. The third-order valence-corrected chi connectivity index (χ3v) is 3.93. The van der Waals surface area contributed by atoms with Crippen molar-refractivity contribution in [1.29, 1.82) is 0 Å². The maximum absolute atomic E-state index is 10.5. The summed E-state index contributed by atoms with van der Waals surface area (Å²) < 4.78 is 5.33. The van der Waals surface area contributed by atoms with Gasteiger partial charge in [0, 0.05) is 25.7 Å². The molecule has 2 aliphatic rings. The molecule has 3 nitrogen and oxygen atoms in total. The monoisotopic (exact) mass is 199 g/mol. The van der Waals surface area contributed by atoms with E-state index in [9.17, 15) is 5.11 Å². The zero-order chi connectivity index (χ0) is 10.0. The predicted molar refractivity (Wildman–Crippen MR) is 55.1 cm³/mol. The fourth-order valence-corrected chi connectivity index (χ4v) is 2.77. The van der Waals surface area contributed by atoms with Crippen LogP contribution < -0.4 is 5.32 Å². The summed E-state index contributed by atoms with van der Waals surface area (Å²) in [4.78, 5) is 0. The number of hydrogen-bond donors (Lipinski definition) is 2. The summed E-state index contributed by atoms with van der Waals surface area (Å²) in [5.74, 6) is 0.867. The molecule has 0 bridgehead atoms. The molecule has 3 heteroatoms. The van der Waals surface area contributed by atoms with Crippen molar-refractivity contribution in [3.8, 4) is 0 Å². The van der Waals surface area contributed by atoms with Crippen molar-refractivity contribution in [2.24, 2.45) is 11.8 Å². The molecule has 0 saturated carbocycles. The lowest BCUT2D eigenvalue weighted by molar-refractivity contribution is -0.0852. The molecule has 0 aromatic rings. The molecule has 0 aromatic heterocycles. The second kappa shape index (κ2) is 4.17. The summed E-state index contributed by atoms with van der Waals surface area (Å²) in [5, 5.41) is 13.9. The third-order valence-electron chi connectivity index (χ3n) is 3.93. The molecule has 0 aromatic carbocycles. The van der Waals surface area contributed by atoms with E-state index in [4.69, 9.17) is 4.74 Å². The predicted octanol–water partition coefficient (Wildman–Crippen LogP) is 0.773. The van der Waals surface area contributed by atoms with Crippen molar-refractivity contribution in [2.45, 2.75) is 31.8 Å². The Morgan fingerprint density at radius 2 is 1.93 bits per heavy atom. The first-order valence-corrected chi connectivity index (χ1v) is 5.72. The Kier molecular flexibility index (Phi) is 3.10. The van der Waals surface area contributed by atoms with Crippen molar-refractivity contribution in [3.05, 3.63) is 0 Å². The lowest BCUT2D eigenvalue weighted by Gasteiger charge is -2.39. The van der Waals surface area contributed by atoms with Crippen LogP contribution in [-0.2, 0) is 4.74 Å². The van der Waals surface area contributed by atoms with Gasteiger partial charge in [0.1, 0.15) is 0 Å². The van der Waals surface area contributed by atoms with Crippen LogP contribution in [0.5, 0.6) is 0 Å². The van der Waals surface area contributed by atoms with Crippen LogP contribution in [0, 0.1) is 11.8 Å². The van der Waals surface area contributed by atoms with E-state index in [0.717, 1.165) is 45.6 Å². The molecule has 82 valence electrons. The van der Waals surface area contributed by atoms with Gasteiger partial charge in [0.25, 0.3) is 0 Å². The number of aliphatic hydroxyl groups is 1. The van der Waals surface area contributed by atoms with Gasteiger partial charge >= 0.3 is 0 Å². The molecule has 2 heterocycles. The van der Waals surface area contributed by atoms with Crippen molar-refractivity contribution in [2.75, 3.05) is 26.3 Å². The van der Waals surface area contributed by atoms with Gasteiger partial charge in [-0.1, -0.05) is 0 Å². The van der Waals surface area contributed by atoms with Crippen LogP contribution in [0.2, 0.25) is 0 Å². The fourth-order valence-electron chi connectivity index (χ4n) is 2.77. The highest BCUT2D eigenvalue weighted by Gasteiger charge is 2.41. The summed E-state index contributed by atoms with van der Waals surface area (Å²) in [6.45, 7) is 5.69. The molecular weight excluding hydrogens is 178 g/mol. The second-order valence-electron chi connectivity index (χ2n) is 4.80. The molecule has 2 fully saturated rings. The van der Waals surface area contributed by atoms with E-state index < -0.39 is 5.60 Å². The van der Waals surface area contributed by atoms with Crippen LogP contribution in [0.4, 0.5) is 0 Å². The molecule has 2 rings (SSSR count). The normalized spacial score (nSPS) is 34.3. The summed E-state index contributed by atoms with van der Waals surface area (Å²) in [6, 6.07) is 0. The van der Waals surface area contributed by atoms with Gasteiger partial charge in [-0.25, -0.2) is 0 Å². The van der Waals surface area contributed by atoms with E-state index in [1.54, 1.807) is 0 Å². The van der Waals surface area contributed by atoms with Crippen LogP contribution >= 0.6 is 0 Å². The van der Waals surface area contributed by atoms with Gasteiger partial charge in [-0.05, 0) is 38.6 Å². The molecule has 2 unspecified atom stereocenters. The summed E-state index contributed by atoms with van der Waals surface area (Å²) >= 11 is 0. The van der Waals surface area contributed by atoms with Gasteiger partial charge in [-0.2, -0.15) is 0 Å². The molecule has 14 heavy (non-hydrogen) atoms. The summed E-state index contributed by atoms with van der Waals surface area (Å²) in [6.07, 6.45) is 3.15. The highest BCUT2D eigenvalue weighted by molar-refractivity contribution is 4.93. The van der Waals surface area contributed by atoms with Crippen molar-refractivity contribution in [1.82, 2.24) is 5.32 Å². The second-order valence-corrected chi connectivity index (χ2v) is 4.80. The van der Waals surface area contributed by atoms with Gasteiger partial charge in [0.05, 0.1) is 5.60 Å². The molecule has 0 spiro atoms. The molecule has 2 aliphatic heterocycles. The first-order valence-electron chi connectivity index (χ1n) is 5.72. The topological polar surface area (TPSA) is 41.5 Å². The Bertz CT molecular complexity index is 182. The lowest BCUT2D eigenvalue weighted by Crippen LogP contribution is -2.45. The summed E-state index contributed by atoms with van der Waals surface area (Å²) in [7, 11) is 0.